The number of nitrogens with one attached hydrogen (secondary N) is 2. The summed E-state index contributed by atoms with van der Waals surface area (Å²) in [7, 11) is 0. The van der Waals surface area contributed by atoms with Crippen LogP contribution in [0.4, 0.5) is 0 Å². The number of aryl methyl sites for hydroxylation is 1. The zero-order valence-electron chi connectivity index (χ0n) is 13.9. The Kier molecular flexibility index (Phi) is 7.37. The van der Waals surface area contributed by atoms with Crippen LogP contribution in [-0.4, -0.2) is 19.0 Å². The minimum atomic E-state index is -0.308. The summed E-state index contributed by atoms with van der Waals surface area (Å²) in [5, 5.41) is 6.55. The van der Waals surface area contributed by atoms with Gasteiger partial charge in [0.1, 0.15) is 0 Å². The molecule has 1 amide bonds. The van der Waals surface area contributed by atoms with Gasteiger partial charge in [0, 0.05) is 6.42 Å². The van der Waals surface area contributed by atoms with Crippen molar-refractivity contribution >= 4 is 18.3 Å². The van der Waals surface area contributed by atoms with Gasteiger partial charge in [-0.3, -0.25) is 4.79 Å². The second kappa shape index (κ2) is 8.54. The van der Waals surface area contributed by atoms with Crippen LogP contribution >= 0.6 is 12.4 Å². The van der Waals surface area contributed by atoms with Crippen LogP contribution in [0.3, 0.4) is 0 Å². The van der Waals surface area contributed by atoms with E-state index < -0.39 is 0 Å². The maximum atomic E-state index is 12.2. The predicted octanol–water partition coefficient (Wildman–Crippen LogP) is 3.55. The van der Waals surface area contributed by atoms with Crippen LogP contribution in [0, 0.1) is 12.8 Å². The van der Waals surface area contributed by atoms with Gasteiger partial charge in [0.05, 0.1) is 5.54 Å². The highest BCUT2D eigenvalue weighted by Crippen LogP contribution is 2.22. The molecule has 2 N–H and O–H groups in total. The van der Waals surface area contributed by atoms with Gasteiger partial charge in [0.25, 0.3) is 0 Å². The smallest absolute Gasteiger partial charge is 0.220 e. The normalized spacial score (nSPS) is 16.0. The van der Waals surface area contributed by atoms with E-state index in [1.807, 2.05) is 6.07 Å². The summed E-state index contributed by atoms with van der Waals surface area (Å²) >= 11 is 0. The molecule has 22 heavy (non-hydrogen) atoms. The average molecular weight is 325 g/mol. The Balaban J connectivity index is 0.00000242. The lowest BCUT2D eigenvalue weighted by Gasteiger charge is -2.28. The summed E-state index contributed by atoms with van der Waals surface area (Å²) in [6.07, 6.45) is 4.06. The highest BCUT2D eigenvalue weighted by Gasteiger charge is 2.23. The number of carbonyl (C=O) groups excluding carboxylic acids is 1. The van der Waals surface area contributed by atoms with Gasteiger partial charge < -0.3 is 10.6 Å². The van der Waals surface area contributed by atoms with E-state index in [1.54, 1.807) is 0 Å². The number of hydrogen-bond donors (Lipinski definition) is 2. The van der Waals surface area contributed by atoms with Gasteiger partial charge in [0.2, 0.25) is 5.91 Å². The minimum Gasteiger partial charge on any atom is -0.347 e. The molecule has 3 nitrogen and oxygen atoms in total. The summed E-state index contributed by atoms with van der Waals surface area (Å²) in [4.78, 5) is 12.2. The monoisotopic (exact) mass is 324 g/mol. The molecule has 0 spiro atoms. The number of amides is 1. The third-order valence-electron chi connectivity index (χ3n) is 4.43. The van der Waals surface area contributed by atoms with Gasteiger partial charge in [-0.25, -0.2) is 0 Å². The molecule has 0 unspecified atom stereocenters. The van der Waals surface area contributed by atoms with Crippen molar-refractivity contribution in [1.82, 2.24) is 10.6 Å². The number of piperidine rings is 1. The van der Waals surface area contributed by atoms with Gasteiger partial charge in [-0.1, -0.05) is 29.8 Å². The van der Waals surface area contributed by atoms with Crippen molar-refractivity contribution in [3.8, 4) is 0 Å². The lowest BCUT2D eigenvalue weighted by molar-refractivity contribution is -0.123. The molecule has 1 aromatic rings. The maximum Gasteiger partial charge on any atom is 0.220 e. The molecule has 0 aliphatic carbocycles. The van der Waals surface area contributed by atoms with E-state index in [1.165, 1.54) is 18.4 Å². The molecule has 0 atom stereocenters. The Morgan fingerprint density at radius 3 is 2.64 bits per heavy atom. The van der Waals surface area contributed by atoms with E-state index in [9.17, 15) is 4.79 Å². The molecule has 0 saturated carbocycles. The Morgan fingerprint density at radius 2 is 2.00 bits per heavy atom. The molecule has 1 saturated heterocycles. The summed E-state index contributed by atoms with van der Waals surface area (Å²) in [6.45, 7) is 8.43. The van der Waals surface area contributed by atoms with Gasteiger partial charge >= 0.3 is 0 Å². The Hall–Kier alpha value is -1.06. The zero-order valence-corrected chi connectivity index (χ0v) is 14.8. The molecule has 0 aromatic heterocycles. The SMILES string of the molecule is Cc1cccc(C(C)(C)NC(=O)CCC2CCNCC2)c1.Cl. The van der Waals surface area contributed by atoms with Gasteiger partial charge in [-0.05, 0) is 64.6 Å². The Labute approximate surface area is 140 Å². The van der Waals surface area contributed by atoms with Crippen molar-refractivity contribution < 1.29 is 4.79 Å². The van der Waals surface area contributed by atoms with Crippen LogP contribution in [0.2, 0.25) is 0 Å². The van der Waals surface area contributed by atoms with E-state index in [-0.39, 0.29) is 23.9 Å². The molecule has 1 aromatic carbocycles. The predicted molar refractivity (Wildman–Crippen MR) is 94.4 cm³/mol. The second-order valence-corrected chi connectivity index (χ2v) is 6.77. The quantitative estimate of drug-likeness (QED) is 0.869. The van der Waals surface area contributed by atoms with Crippen LogP contribution in [0.5, 0.6) is 0 Å². The van der Waals surface area contributed by atoms with Gasteiger partial charge in [0.15, 0.2) is 0 Å². The molecule has 2 rings (SSSR count). The number of hydrogen-bond acceptors (Lipinski definition) is 2. The van der Waals surface area contributed by atoms with Crippen molar-refractivity contribution in [3.05, 3.63) is 35.4 Å². The van der Waals surface area contributed by atoms with Crippen molar-refractivity contribution in [1.29, 1.82) is 0 Å². The van der Waals surface area contributed by atoms with E-state index >= 15 is 0 Å². The van der Waals surface area contributed by atoms with Crippen molar-refractivity contribution in [2.45, 2.75) is 52.0 Å². The van der Waals surface area contributed by atoms with Crippen LogP contribution in [0.1, 0.15) is 50.7 Å². The molecular weight excluding hydrogens is 296 g/mol. The van der Waals surface area contributed by atoms with Crippen molar-refractivity contribution in [2.24, 2.45) is 5.92 Å². The average Bonchev–Trinajstić information content (AvgIpc) is 2.46. The fraction of sp³-hybridized carbons (Fsp3) is 0.611. The van der Waals surface area contributed by atoms with Crippen molar-refractivity contribution in [2.75, 3.05) is 13.1 Å². The standard InChI is InChI=1S/C18H28N2O.ClH/c1-14-5-4-6-16(13-14)18(2,3)20-17(21)8-7-15-9-11-19-12-10-15;/h4-6,13,15,19H,7-12H2,1-3H3,(H,20,21);1H. The fourth-order valence-corrected chi connectivity index (χ4v) is 3.02. The first-order valence-corrected chi connectivity index (χ1v) is 8.06. The summed E-state index contributed by atoms with van der Waals surface area (Å²) in [5.74, 6) is 0.874. The first-order valence-electron chi connectivity index (χ1n) is 8.06. The van der Waals surface area contributed by atoms with E-state index in [0.717, 1.165) is 25.1 Å². The van der Waals surface area contributed by atoms with Crippen LogP contribution in [0.25, 0.3) is 0 Å². The molecule has 1 heterocycles. The number of halogens is 1. The fourth-order valence-electron chi connectivity index (χ4n) is 3.02. The lowest BCUT2D eigenvalue weighted by Crippen LogP contribution is -2.41. The maximum absolute atomic E-state index is 12.2. The topological polar surface area (TPSA) is 41.1 Å². The first-order chi connectivity index (χ1) is 9.97. The molecule has 0 bridgehead atoms. The second-order valence-electron chi connectivity index (χ2n) is 6.77. The first kappa shape index (κ1) is 19.0. The zero-order chi connectivity index (χ0) is 15.3. The van der Waals surface area contributed by atoms with E-state index in [2.05, 4.69) is 49.6 Å². The third-order valence-corrected chi connectivity index (χ3v) is 4.43. The highest BCUT2D eigenvalue weighted by molar-refractivity contribution is 5.85. The Morgan fingerprint density at radius 1 is 1.32 bits per heavy atom. The summed E-state index contributed by atoms with van der Waals surface area (Å²) in [5.41, 5.74) is 2.08. The molecular formula is C18H29ClN2O. The third kappa shape index (κ3) is 5.62. The van der Waals surface area contributed by atoms with E-state index in [4.69, 9.17) is 0 Å². The Bertz CT molecular complexity index is 482. The van der Waals surface area contributed by atoms with Crippen LogP contribution < -0.4 is 10.6 Å². The lowest BCUT2D eigenvalue weighted by atomic mass is 9.91. The molecule has 1 aliphatic heterocycles. The summed E-state index contributed by atoms with van der Waals surface area (Å²) < 4.78 is 0. The number of carbonyl (C=O) groups is 1. The van der Waals surface area contributed by atoms with Crippen LogP contribution in [0.15, 0.2) is 24.3 Å². The van der Waals surface area contributed by atoms with Crippen molar-refractivity contribution in [3.63, 3.8) is 0 Å². The van der Waals surface area contributed by atoms with Gasteiger partial charge in [-0.2, -0.15) is 0 Å². The number of benzene rings is 1. The molecule has 1 fully saturated rings. The molecule has 4 heteroatoms. The largest absolute Gasteiger partial charge is 0.347 e. The van der Waals surface area contributed by atoms with E-state index in [0.29, 0.717) is 12.3 Å². The number of rotatable bonds is 5. The molecule has 0 radical (unpaired) electrons. The molecule has 124 valence electrons. The minimum absolute atomic E-state index is 0. The van der Waals surface area contributed by atoms with Crippen LogP contribution in [-0.2, 0) is 10.3 Å². The highest BCUT2D eigenvalue weighted by atomic mass is 35.5. The summed E-state index contributed by atoms with van der Waals surface area (Å²) in [6, 6.07) is 8.36. The molecule has 1 aliphatic rings. The van der Waals surface area contributed by atoms with Gasteiger partial charge in [-0.15, -0.1) is 12.4 Å².